The Labute approximate surface area is 119 Å². The standard InChI is InChI=1S/C16H19ClN2/c1-10-5-4-6-14(12(10)3)16(19-18)15-9-13(17)8-7-11(15)2/h4-9,16,19H,18H2,1-3H3. The summed E-state index contributed by atoms with van der Waals surface area (Å²) in [6, 6.07) is 12.1. The largest absolute Gasteiger partial charge is 0.271 e. The van der Waals surface area contributed by atoms with Gasteiger partial charge in [0.25, 0.3) is 0 Å². The second kappa shape index (κ2) is 5.74. The maximum absolute atomic E-state index is 6.11. The maximum atomic E-state index is 6.11. The summed E-state index contributed by atoms with van der Waals surface area (Å²) in [5, 5.41) is 0.728. The van der Waals surface area contributed by atoms with E-state index in [0.717, 1.165) is 10.6 Å². The fourth-order valence-electron chi connectivity index (χ4n) is 2.36. The fourth-order valence-corrected chi connectivity index (χ4v) is 2.54. The number of hydrogen-bond acceptors (Lipinski definition) is 2. The second-order valence-electron chi connectivity index (χ2n) is 4.89. The van der Waals surface area contributed by atoms with Gasteiger partial charge in [0.15, 0.2) is 0 Å². The molecule has 0 radical (unpaired) electrons. The molecule has 2 nitrogen and oxygen atoms in total. The van der Waals surface area contributed by atoms with E-state index in [1.807, 2.05) is 18.2 Å². The van der Waals surface area contributed by atoms with Gasteiger partial charge in [0.05, 0.1) is 6.04 Å². The summed E-state index contributed by atoms with van der Waals surface area (Å²) in [5.74, 6) is 5.78. The van der Waals surface area contributed by atoms with Crippen molar-refractivity contribution in [2.45, 2.75) is 26.8 Å². The topological polar surface area (TPSA) is 38.0 Å². The van der Waals surface area contributed by atoms with Gasteiger partial charge in [-0.3, -0.25) is 5.84 Å². The van der Waals surface area contributed by atoms with E-state index in [2.05, 4.69) is 44.4 Å². The van der Waals surface area contributed by atoms with Crippen LogP contribution in [-0.4, -0.2) is 0 Å². The van der Waals surface area contributed by atoms with Crippen molar-refractivity contribution in [1.29, 1.82) is 0 Å². The molecule has 0 bridgehead atoms. The van der Waals surface area contributed by atoms with Crippen LogP contribution >= 0.6 is 11.6 Å². The van der Waals surface area contributed by atoms with Crippen LogP contribution in [0, 0.1) is 20.8 Å². The highest BCUT2D eigenvalue weighted by molar-refractivity contribution is 6.30. The van der Waals surface area contributed by atoms with E-state index in [4.69, 9.17) is 17.4 Å². The Kier molecular flexibility index (Phi) is 4.25. The van der Waals surface area contributed by atoms with Crippen molar-refractivity contribution in [2.75, 3.05) is 0 Å². The molecule has 3 heteroatoms. The summed E-state index contributed by atoms with van der Waals surface area (Å²) < 4.78 is 0. The first-order valence-electron chi connectivity index (χ1n) is 6.33. The quantitative estimate of drug-likeness (QED) is 0.660. The molecule has 1 unspecified atom stereocenters. The zero-order valence-electron chi connectivity index (χ0n) is 11.5. The van der Waals surface area contributed by atoms with Crippen molar-refractivity contribution in [2.24, 2.45) is 5.84 Å². The molecule has 100 valence electrons. The molecule has 0 heterocycles. The van der Waals surface area contributed by atoms with E-state index in [0.29, 0.717) is 0 Å². The number of nitrogens with one attached hydrogen (secondary N) is 1. The van der Waals surface area contributed by atoms with E-state index in [1.165, 1.54) is 22.3 Å². The minimum Gasteiger partial charge on any atom is -0.271 e. The molecule has 3 N–H and O–H groups in total. The minimum atomic E-state index is -0.0430. The van der Waals surface area contributed by atoms with Crippen LogP contribution in [0.5, 0.6) is 0 Å². The SMILES string of the molecule is Cc1ccc(Cl)cc1C(NN)c1cccc(C)c1C. The van der Waals surface area contributed by atoms with Crippen LogP contribution in [-0.2, 0) is 0 Å². The Morgan fingerprint density at radius 3 is 2.42 bits per heavy atom. The molecule has 2 aromatic carbocycles. The zero-order chi connectivity index (χ0) is 14.0. The third kappa shape index (κ3) is 2.81. The number of nitrogens with two attached hydrogens (primary N) is 1. The Bertz CT molecular complexity index is 591. The van der Waals surface area contributed by atoms with Crippen molar-refractivity contribution in [3.05, 3.63) is 69.2 Å². The first kappa shape index (κ1) is 14.1. The molecular formula is C16H19ClN2. The molecular weight excluding hydrogens is 256 g/mol. The van der Waals surface area contributed by atoms with Crippen molar-refractivity contribution in [3.63, 3.8) is 0 Å². The maximum Gasteiger partial charge on any atom is 0.0715 e. The summed E-state index contributed by atoms with van der Waals surface area (Å²) in [6.07, 6.45) is 0. The second-order valence-corrected chi connectivity index (χ2v) is 5.33. The summed E-state index contributed by atoms with van der Waals surface area (Å²) >= 11 is 6.11. The highest BCUT2D eigenvalue weighted by atomic mass is 35.5. The number of hydrazine groups is 1. The molecule has 0 aliphatic heterocycles. The lowest BCUT2D eigenvalue weighted by atomic mass is 9.91. The molecule has 0 aliphatic carbocycles. The normalized spacial score (nSPS) is 12.5. The average Bonchev–Trinajstić information content (AvgIpc) is 2.39. The summed E-state index contributed by atoms with van der Waals surface area (Å²) in [7, 11) is 0. The molecule has 2 aromatic rings. The molecule has 0 aliphatic rings. The van der Waals surface area contributed by atoms with Crippen LogP contribution in [0.1, 0.15) is 33.9 Å². The first-order chi connectivity index (χ1) is 9.04. The Morgan fingerprint density at radius 1 is 1.00 bits per heavy atom. The Morgan fingerprint density at radius 2 is 1.74 bits per heavy atom. The van der Waals surface area contributed by atoms with Crippen molar-refractivity contribution < 1.29 is 0 Å². The van der Waals surface area contributed by atoms with Crippen molar-refractivity contribution in [1.82, 2.24) is 5.43 Å². The van der Waals surface area contributed by atoms with Gasteiger partial charge in [0.1, 0.15) is 0 Å². The lowest BCUT2D eigenvalue weighted by Crippen LogP contribution is -2.30. The molecule has 0 spiro atoms. The summed E-state index contributed by atoms with van der Waals surface area (Å²) in [5.41, 5.74) is 8.90. The number of benzene rings is 2. The molecule has 2 rings (SSSR count). The van der Waals surface area contributed by atoms with E-state index in [1.54, 1.807) is 0 Å². The third-order valence-electron chi connectivity index (χ3n) is 3.68. The third-order valence-corrected chi connectivity index (χ3v) is 3.91. The number of halogens is 1. The van der Waals surface area contributed by atoms with Gasteiger partial charge in [-0.1, -0.05) is 35.9 Å². The lowest BCUT2D eigenvalue weighted by molar-refractivity contribution is 0.630. The smallest absolute Gasteiger partial charge is 0.0715 e. The van der Waals surface area contributed by atoms with Gasteiger partial charge < -0.3 is 0 Å². The van der Waals surface area contributed by atoms with Gasteiger partial charge in [-0.25, -0.2) is 5.43 Å². The van der Waals surface area contributed by atoms with Crippen LogP contribution in [0.15, 0.2) is 36.4 Å². The van der Waals surface area contributed by atoms with Gasteiger partial charge in [0.2, 0.25) is 0 Å². The minimum absolute atomic E-state index is 0.0430. The van der Waals surface area contributed by atoms with Gasteiger partial charge in [0, 0.05) is 5.02 Å². The van der Waals surface area contributed by atoms with Crippen LogP contribution in [0.4, 0.5) is 0 Å². The van der Waals surface area contributed by atoms with E-state index < -0.39 is 0 Å². The van der Waals surface area contributed by atoms with Crippen LogP contribution in [0.3, 0.4) is 0 Å². The van der Waals surface area contributed by atoms with E-state index in [9.17, 15) is 0 Å². The van der Waals surface area contributed by atoms with Crippen molar-refractivity contribution >= 4 is 11.6 Å². The fraction of sp³-hybridized carbons (Fsp3) is 0.250. The monoisotopic (exact) mass is 274 g/mol. The molecule has 19 heavy (non-hydrogen) atoms. The van der Waals surface area contributed by atoms with E-state index in [-0.39, 0.29) is 6.04 Å². The first-order valence-corrected chi connectivity index (χ1v) is 6.70. The van der Waals surface area contributed by atoms with E-state index >= 15 is 0 Å². The Balaban J connectivity index is 2.56. The van der Waals surface area contributed by atoms with Crippen LogP contribution < -0.4 is 11.3 Å². The molecule has 0 amide bonds. The number of hydrogen-bond donors (Lipinski definition) is 2. The molecule has 1 atom stereocenters. The van der Waals surface area contributed by atoms with Gasteiger partial charge in [-0.2, -0.15) is 0 Å². The zero-order valence-corrected chi connectivity index (χ0v) is 12.3. The van der Waals surface area contributed by atoms with Crippen LogP contribution in [0.25, 0.3) is 0 Å². The molecule has 0 saturated carbocycles. The average molecular weight is 275 g/mol. The predicted molar refractivity (Wildman–Crippen MR) is 81.3 cm³/mol. The summed E-state index contributed by atoms with van der Waals surface area (Å²) in [4.78, 5) is 0. The van der Waals surface area contributed by atoms with Gasteiger partial charge >= 0.3 is 0 Å². The molecule has 0 fully saturated rings. The number of aryl methyl sites for hydroxylation is 2. The van der Waals surface area contributed by atoms with Gasteiger partial charge in [-0.15, -0.1) is 0 Å². The Hall–Kier alpha value is -1.35. The number of rotatable bonds is 3. The van der Waals surface area contributed by atoms with Gasteiger partial charge in [-0.05, 0) is 60.7 Å². The highest BCUT2D eigenvalue weighted by Crippen LogP contribution is 2.29. The predicted octanol–water partition coefficient (Wildman–Crippen LogP) is 3.82. The summed E-state index contributed by atoms with van der Waals surface area (Å²) in [6.45, 7) is 6.30. The lowest BCUT2D eigenvalue weighted by Gasteiger charge is -2.22. The molecule has 0 saturated heterocycles. The molecule has 0 aromatic heterocycles. The van der Waals surface area contributed by atoms with Crippen LogP contribution in [0.2, 0.25) is 5.02 Å². The highest BCUT2D eigenvalue weighted by Gasteiger charge is 2.17. The van der Waals surface area contributed by atoms with Crippen molar-refractivity contribution in [3.8, 4) is 0 Å².